The minimum atomic E-state index is -0.0955. The summed E-state index contributed by atoms with van der Waals surface area (Å²) in [6.07, 6.45) is 0.873. The molecule has 0 fully saturated rings. The molecule has 6 nitrogen and oxygen atoms in total. The highest BCUT2D eigenvalue weighted by atomic mass is 32.1. The number of thiazole rings is 1. The van der Waals surface area contributed by atoms with Gasteiger partial charge >= 0.3 is 0 Å². The number of hydrogen-bond acceptors (Lipinski definition) is 5. The summed E-state index contributed by atoms with van der Waals surface area (Å²) < 4.78 is 5.52. The highest BCUT2D eigenvalue weighted by molar-refractivity contribution is 7.14. The van der Waals surface area contributed by atoms with Crippen LogP contribution in [0, 0.1) is 5.92 Å². The average molecular weight is 359 g/mol. The number of fused-ring (bicyclic) bond motifs is 1. The Hall–Kier alpha value is -2.41. The largest absolute Gasteiger partial charge is 0.482 e. The molecule has 0 spiro atoms. The van der Waals surface area contributed by atoms with Crippen LogP contribution in [0.25, 0.3) is 11.3 Å². The van der Waals surface area contributed by atoms with E-state index in [9.17, 15) is 9.59 Å². The van der Waals surface area contributed by atoms with E-state index in [-0.39, 0.29) is 24.3 Å². The van der Waals surface area contributed by atoms with Crippen LogP contribution in [-0.2, 0) is 9.59 Å². The van der Waals surface area contributed by atoms with Crippen molar-refractivity contribution < 1.29 is 14.3 Å². The molecule has 0 unspecified atom stereocenters. The van der Waals surface area contributed by atoms with E-state index < -0.39 is 0 Å². The fourth-order valence-corrected chi connectivity index (χ4v) is 3.27. The van der Waals surface area contributed by atoms with Crippen molar-refractivity contribution in [3.8, 4) is 17.0 Å². The SMILES string of the molecule is CCCN1C(=O)COc2ccc(-c3csc(NC(=O)C(C)C)n3)cc21. The quantitative estimate of drug-likeness (QED) is 0.886. The third kappa shape index (κ3) is 3.66. The zero-order valence-corrected chi connectivity index (χ0v) is 15.4. The predicted molar refractivity (Wildman–Crippen MR) is 99.2 cm³/mol. The molecule has 132 valence electrons. The summed E-state index contributed by atoms with van der Waals surface area (Å²) in [5.74, 6) is 0.524. The van der Waals surface area contributed by atoms with Gasteiger partial charge in [0.15, 0.2) is 11.7 Å². The molecule has 2 heterocycles. The second-order valence-corrected chi connectivity index (χ2v) is 7.06. The lowest BCUT2D eigenvalue weighted by Crippen LogP contribution is -2.39. The van der Waals surface area contributed by atoms with Gasteiger partial charge in [-0.25, -0.2) is 4.98 Å². The number of nitrogens with zero attached hydrogens (tertiary/aromatic N) is 2. The third-order valence-corrected chi connectivity index (χ3v) is 4.66. The lowest BCUT2D eigenvalue weighted by Gasteiger charge is -2.29. The van der Waals surface area contributed by atoms with Crippen molar-refractivity contribution in [3.05, 3.63) is 23.6 Å². The highest BCUT2D eigenvalue weighted by Crippen LogP contribution is 2.36. The van der Waals surface area contributed by atoms with Gasteiger partial charge in [0.2, 0.25) is 5.91 Å². The molecule has 2 amide bonds. The standard InChI is InChI=1S/C18H21N3O3S/c1-4-7-21-14-8-12(5-6-15(14)24-9-16(21)22)13-10-25-18(19-13)20-17(23)11(2)3/h5-6,8,10-11H,4,7,9H2,1-3H3,(H,19,20,23). The molecule has 3 rings (SSSR count). The fraction of sp³-hybridized carbons (Fsp3) is 0.389. The van der Waals surface area contributed by atoms with Crippen LogP contribution in [0.1, 0.15) is 27.2 Å². The first-order valence-corrected chi connectivity index (χ1v) is 9.21. The first-order chi connectivity index (χ1) is 12.0. The number of rotatable bonds is 5. The molecule has 0 saturated carbocycles. The summed E-state index contributed by atoms with van der Waals surface area (Å²) >= 11 is 1.38. The van der Waals surface area contributed by atoms with Gasteiger partial charge in [-0.3, -0.25) is 9.59 Å². The van der Waals surface area contributed by atoms with E-state index in [1.54, 1.807) is 4.90 Å². The maximum atomic E-state index is 12.1. The van der Waals surface area contributed by atoms with Crippen LogP contribution in [-0.4, -0.2) is 29.9 Å². The topological polar surface area (TPSA) is 71.5 Å². The highest BCUT2D eigenvalue weighted by Gasteiger charge is 2.25. The third-order valence-electron chi connectivity index (χ3n) is 3.90. The maximum absolute atomic E-state index is 12.1. The molecule has 1 aromatic heterocycles. The molecular formula is C18H21N3O3S. The number of benzene rings is 1. The second kappa shape index (κ2) is 7.23. The second-order valence-electron chi connectivity index (χ2n) is 6.20. The smallest absolute Gasteiger partial charge is 0.265 e. The van der Waals surface area contributed by atoms with Crippen molar-refractivity contribution >= 4 is 34.0 Å². The van der Waals surface area contributed by atoms with Gasteiger partial charge in [-0.15, -0.1) is 11.3 Å². The Bertz CT molecular complexity index is 801. The van der Waals surface area contributed by atoms with Crippen molar-refractivity contribution in [1.82, 2.24) is 4.98 Å². The number of hydrogen-bond donors (Lipinski definition) is 1. The van der Waals surface area contributed by atoms with Crippen molar-refractivity contribution in [1.29, 1.82) is 0 Å². The van der Waals surface area contributed by atoms with Crippen molar-refractivity contribution in [2.45, 2.75) is 27.2 Å². The van der Waals surface area contributed by atoms with E-state index in [2.05, 4.69) is 10.3 Å². The Morgan fingerprint density at radius 1 is 1.44 bits per heavy atom. The summed E-state index contributed by atoms with van der Waals surface area (Å²) in [4.78, 5) is 30.2. The lowest BCUT2D eigenvalue weighted by molar-refractivity contribution is -0.121. The van der Waals surface area contributed by atoms with Gasteiger partial charge in [0.05, 0.1) is 11.4 Å². The van der Waals surface area contributed by atoms with Crippen LogP contribution in [0.4, 0.5) is 10.8 Å². The average Bonchev–Trinajstić information content (AvgIpc) is 3.05. The van der Waals surface area contributed by atoms with Crippen molar-refractivity contribution in [2.75, 3.05) is 23.4 Å². The molecule has 0 saturated heterocycles. The minimum absolute atomic E-state index is 0.0327. The monoisotopic (exact) mass is 359 g/mol. The van der Waals surface area contributed by atoms with Gasteiger partial charge in [0, 0.05) is 23.4 Å². The van der Waals surface area contributed by atoms with Crippen LogP contribution < -0.4 is 15.0 Å². The molecule has 0 aliphatic carbocycles. The Morgan fingerprint density at radius 3 is 2.96 bits per heavy atom. The van der Waals surface area contributed by atoms with Gasteiger partial charge in [-0.2, -0.15) is 0 Å². The van der Waals surface area contributed by atoms with Crippen LogP contribution in [0.2, 0.25) is 0 Å². The van der Waals surface area contributed by atoms with Crippen LogP contribution in [0.15, 0.2) is 23.6 Å². The van der Waals surface area contributed by atoms with Gasteiger partial charge in [0.1, 0.15) is 5.75 Å². The summed E-state index contributed by atoms with van der Waals surface area (Å²) in [5, 5.41) is 5.28. The van der Waals surface area contributed by atoms with Crippen molar-refractivity contribution in [2.24, 2.45) is 5.92 Å². The minimum Gasteiger partial charge on any atom is -0.482 e. The first-order valence-electron chi connectivity index (χ1n) is 8.33. The summed E-state index contributed by atoms with van der Waals surface area (Å²) in [6, 6.07) is 5.71. The molecule has 1 aliphatic heterocycles. The zero-order chi connectivity index (χ0) is 18.0. The normalized spacial score (nSPS) is 13.6. The Labute approximate surface area is 150 Å². The Morgan fingerprint density at radius 2 is 2.24 bits per heavy atom. The molecule has 2 aromatic rings. The molecule has 1 aromatic carbocycles. The Balaban J connectivity index is 1.88. The molecule has 25 heavy (non-hydrogen) atoms. The zero-order valence-electron chi connectivity index (χ0n) is 14.5. The lowest BCUT2D eigenvalue weighted by atomic mass is 10.1. The van der Waals surface area contributed by atoms with Gasteiger partial charge in [-0.1, -0.05) is 20.8 Å². The number of anilines is 2. The van der Waals surface area contributed by atoms with Crippen LogP contribution >= 0.6 is 11.3 Å². The predicted octanol–water partition coefficient (Wildman–Crippen LogP) is 3.54. The van der Waals surface area contributed by atoms with Gasteiger partial charge in [0.25, 0.3) is 5.91 Å². The van der Waals surface area contributed by atoms with Crippen LogP contribution in [0.3, 0.4) is 0 Å². The summed E-state index contributed by atoms with van der Waals surface area (Å²) in [6.45, 7) is 6.45. The molecule has 0 atom stereocenters. The number of ether oxygens (including phenoxy) is 1. The van der Waals surface area contributed by atoms with Gasteiger partial charge in [-0.05, 0) is 24.6 Å². The number of carbonyl (C=O) groups is 2. The Kier molecular flexibility index (Phi) is 5.03. The van der Waals surface area contributed by atoms with E-state index in [1.807, 2.05) is 44.4 Å². The fourth-order valence-electron chi connectivity index (χ4n) is 2.54. The van der Waals surface area contributed by atoms with E-state index in [4.69, 9.17) is 4.74 Å². The summed E-state index contributed by atoms with van der Waals surface area (Å²) in [7, 11) is 0. The maximum Gasteiger partial charge on any atom is 0.265 e. The van der Waals surface area contributed by atoms with E-state index in [0.717, 1.165) is 23.4 Å². The number of aromatic nitrogens is 1. The molecule has 0 bridgehead atoms. The van der Waals surface area contributed by atoms with E-state index >= 15 is 0 Å². The van der Waals surface area contributed by atoms with E-state index in [0.29, 0.717) is 17.4 Å². The first kappa shape index (κ1) is 17.4. The van der Waals surface area contributed by atoms with Crippen LogP contribution in [0.5, 0.6) is 5.75 Å². The number of carbonyl (C=O) groups excluding carboxylic acids is 2. The molecule has 1 N–H and O–H groups in total. The number of nitrogens with one attached hydrogen (secondary N) is 1. The molecular weight excluding hydrogens is 338 g/mol. The van der Waals surface area contributed by atoms with Crippen molar-refractivity contribution in [3.63, 3.8) is 0 Å². The molecule has 7 heteroatoms. The van der Waals surface area contributed by atoms with Gasteiger partial charge < -0.3 is 15.0 Å². The molecule has 1 aliphatic rings. The number of amides is 2. The van der Waals surface area contributed by atoms with E-state index in [1.165, 1.54) is 11.3 Å². The molecule has 0 radical (unpaired) electrons. The summed E-state index contributed by atoms with van der Waals surface area (Å²) in [5.41, 5.74) is 2.43.